The van der Waals surface area contributed by atoms with Gasteiger partial charge in [-0.25, -0.2) is 4.39 Å². The molecule has 0 radical (unpaired) electrons. The first-order chi connectivity index (χ1) is 8.47. The molecule has 0 heterocycles. The van der Waals surface area contributed by atoms with Crippen LogP contribution in [-0.4, -0.2) is 6.04 Å². The van der Waals surface area contributed by atoms with Crippen molar-refractivity contribution < 1.29 is 4.39 Å². The molecule has 1 aromatic rings. The van der Waals surface area contributed by atoms with Crippen LogP contribution in [0.1, 0.15) is 40.0 Å². The molecule has 1 aromatic carbocycles. The number of halogens is 3. The molecule has 0 amide bonds. The molecule has 0 aromatic heterocycles. The van der Waals surface area contributed by atoms with Gasteiger partial charge in [0.1, 0.15) is 5.82 Å². The Bertz CT molecular complexity index is 372. The summed E-state index contributed by atoms with van der Waals surface area (Å²) in [5.41, 5.74) is 0.634. The van der Waals surface area contributed by atoms with Crippen LogP contribution in [0.2, 0.25) is 10.0 Å². The van der Waals surface area contributed by atoms with E-state index in [0.717, 1.165) is 19.3 Å². The van der Waals surface area contributed by atoms with Gasteiger partial charge in [-0.3, -0.25) is 0 Å². The van der Waals surface area contributed by atoms with E-state index in [4.69, 9.17) is 23.2 Å². The Morgan fingerprint density at radius 3 is 2.17 bits per heavy atom. The predicted octanol–water partition coefficient (Wildman–Crippen LogP) is 5.76. The first-order valence-corrected chi connectivity index (χ1v) is 7.14. The summed E-state index contributed by atoms with van der Waals surface area (Å²) in [7, 11) is 0. The lowest BCUT2D eigenvalue weighted by Crippen LogP contribution is -2.21. The average molecular weight is 292 g/mol. The first-order valence-electron chi connectivity index (χ1n) is 6.38. The molecule has 1 nitrogen and oxygen atoms in total. The third-order valence-corrected chi connectivity index (χ3v) is 3.83. The highest BCUT2D eigenvalue weighted by molar-refractivity contribution is 6.39. The van der Waals surface area contributed by atoms with Crippen molar-refractivity contribution in [3.05, 3.63) is 28.0 Å². The molecular formula is C14H20Cl2FN. The van der Waals surface area contributed by atoms with Gasteiger partial charge < -0.3 is 5.32 Å². The molecule has 0 aliphatic rings. The molecule has 0 spiro atoms. The molecule has 18 heavy (non-hydrogen) atoms. The summed E-state index contributed by atoms with van der Waals surface area (Å²) in [6.45, 7) is 6.51. The van der Waals surface area contributed by atoms with Gasteiger partial charge in [-0.05, 0) is 30.9 Å². The number of benzene rings is 1. The number of hydrogen-bond acceptors (Lipinski definition) is 1. The maximum absolute atomic E-state index is 13.1. The largest absolute Gasteiger partial charge is 0.380 e. The van der Waals surface area contributed by atoms with Gasteiger partial charge in [0.25, 0.3) is 0 Å². The van der Waals surface area contributed by atoms with Crippen LogP contribution < -0.4 is 5.32 Å². The zero-order valence-corrected chi connectivity index (χ0v) is 12.6. The Kier molecular flexibility index (Phi) is 6.24. The Balaban J connectivity index is 2.82. The van der Waals surface area contributed by atoms with Gasteiger partial charge >= 0.3 is 0 Å². The molecule has 1 rings (SSSR count). The van der Waals surface area contributed by atoms with E-state index in [9.17, 15) is 4.39 Å². The molecule has 2 unspecified atom stereocenters. The second-order valence-corrected chi connectivity index (χ2v) is 5.56. The quantitative estimate of drug-likeness (QED) is 0.703. The third-order valence-electron chi connectivity index (χ3n) is 3.23. The highest BCUT2D eigenvalue weighted by Crippen LogP contribution is 2.33. The second kappa shape index (κ2) is 7.20. The minimum Gasteiger partial charge on any atom is -0.380 e. The Morgan fingerprint density at radius 2 is 1.72 bits per heavy atom. The van der Waals surface area contributed by atoms with Crippen LogP contribution in [0, 0.1) is 11.7 Å². The van der Waals surface area contributed by atoms with E-state index in [0.29, 0.717) is 27.7 Å². The van der Waals surface area contributed by atoms with Gasteiger partial charge in [-0.15, -0.1) is 0 Å². The van der Waals surface area contributed by atoms with E-state index in [2.05, 4.69) is 26.1 Å². The van der Waals surface area contributed by atoms with Crippen LogP contribution in [0.5, 0.6) is 0 Å². The maximum atomic E-state index is 13.1. The van der Waals surface area contributed by atoms with E-state index in [1.165, 1.54) is 12.1 Å². The minimum atomic E-state index is -0.412. The topological polar surface area (TPSA) is 12.0 Å². The Labute approximate surface area is 119 Å². The van der Waals surface area contributed by atoms with Crippen molar-refractivity contribution >= 4 is 28.9 Å². The fourth-order valence-corrected chi connectivity index (χ4v) is 2.43. The molecule has 1 N–H and O–H groups in total. The van der Waals surface area contributed by atoms with Gasteiger partial charge in [0.15, 0.2) is 0 Å². The van der Waals surface area contributed by atoms with Crippen LogP contribution in [0.4, 0.5) is 10.1 Å². The van der Waals surface area contributed by atoms with Crippen LogP contribution in [-0.2, 0) is 0 Å². The lowest BCUT2D eigenvalue weighted by atomic mass is 9.97. The molecule has 2 atom stereocenters. The van der Waals surface area contributed by atoms with Gasteiger partial charge in [0, 0.05) is 6.04 Å². The van der Waals surface area contributed by atoms with E-state index < -0.39 is 5.82 Å². The molecular weight excluding hydrogens is 272 g/mol. The third kappa shape index (κ3) is 4.33. The molecule has 4 heteroatoms. The van der Waals surface area contributed by atoms with Gasteiger partial charge in [-0.1, -0.05) is 50.4 Å². The molecule has 0 aliphatic carbocycles. The number of anilines is 1. The van der Waals surface area contributed by atoms with Gasteiger partial charge in [0.2, 0.25) is 0 Å². The summed E-state index contributed by atoms with van der Waals surface area (Å²) in [5.74, 6) is 0.228. The SMILES string of the molecule is CCC(C)CC(CC)Nc1c(Cl)cc(F)cc1Cl. The monoisotopic (exact) mass is 291 g/mol. The summed E-state index contributed by atoms with van der Waals surface area (Å²) in [5, 5.41) is 4.00. The van der Waals surface area contributed by atoms with Crippen molar-refractivity contribution in [1.82, 2.24) is 0 Å². The van der Waals surface area contributed by atoms with Crippen LogP contribution >= 0.6 is 23.2 Å². The van der Waals surface area contributed by atoms with Crippen molar-refractivity contribution in [2.24, 2.45) is 5.92 Å². The molecule has 0 fully saturated rings. The molecule has 0 saturated carbocycles. The Morgan fingerprint density at radius 1 is 1.17 bits per heavy atom. The smallest absolute Gasteiger partial charge is 0.126 e. The number of hydrogen-bond donors (Lipinski definition) is 1. The van der Waals surface area contributed by atoms with E-state index in [1.807, 2.05) is 0 Å². The summed E-state index contributed by atoms with van der Waals surface area (Å²) in [6, 6.07) is 2.87. The normalized spacial score (nSPS) is 14.3. The van der Waals surface area contributed by atoms with Crippen molar-refractivity contribution in [1.29, 1.82) is 0 Å². The van der Waals surface area contributed by atoms with Crippen molar-refractivity contribution in [3.63, 3.8) is 0 Å². The zero-order chi connectivity index (χ0) is 13.7. The van der Waals surface area contributed by atoms with E-state index >= 15 is 0 Å². The maximum Gasteiger partial charge on any atom is 0.126 e. The van der Waals surface area contributed by atoms with Crippen molar-refractivity contribution in [2.45, 2.75) is 46.1 Å². The summed E-state index contributed by atoms with van der Waals surface area (Å²) in [6.07, 6.45) is 3.18. The van der Waals surface area contributed by atoms with Gasteiger partial charge in [0.05, 0.1) is 15.7 Å². The van der Waals surface area contributed by atoms with Crippen LogP contribution in [0.25, 0.3) is 0 Å². The summed E-state index contributed by atoms with van der Waals surface area (Å²) < 4.78 is 13.1. The Hall–Kier alpha value is -0.470. The highest BCUT2D eigenvalue weighted by atomic mass is 35.5. The van der Waals surface area contributed by atoms with Crippen molar-refractivity contribution in [2.75, 3.05) is 5.32 Å². The fraction of sp³-hybridized carbons (Fsp3) is 0.571. The highest BCUT2D eigenvalue weighted by Gasteiger charge is 2.15. The zero-order valence-electron chi connectivity index (χ0n) is 11.1. The lowest BCUT2D eigenvalue weighted by molar-refractivity contribution is 0.462. The van der Waals surface area contributed by atoms with Gasteiger partial charge in [-0.2, -0.15) is 0 Å². The second-order valence-electron chi connectivity index (χ2n) is 4.74. The molecule has 102 valence electrons. The van der Waals surface area contributed by atoms with Crippen LogP contribution in [0.3, 0.4) is 0 Å². The number of nitrogens with one attached hydrogen (secondary N) is 1. The summed E-state index contributed by atoms with van der Waals surface area (Å²) >= 11 is 12.0. The molecule has 0 saturated heterocycles. The van der Waals surface area contributed by atoms with Crippen LogP contribution in [0.15, 0.2) is 12.1 Å². The lowest BCUT2D eigenvalue weighted by Gasteiger charge is -2.22. The van der Waals surface area contributed by atoms with E-state index in [1.54, 1.807) is 0 Å². The minimum absolute atomic E-state index is 0.306. The first kappa shape index (κ1) is 15.6. The molecule has 0 bridgehead atoms. The fourth-order valence-electron chi connectivity index (χ4n) is 1.86. The number of rotatable bonds is 6. The standard InChI is InChI=1S/C14H20Cl2FN/c1-4-9(3)6-11(5-2)18-14-12(15)7-10(17)8-13(14)16/h7-9,11,18H,4-6H2,1-3H3. The summed E-state index contributed by atoms with van der Waals surface area (Å²) in [4.78, 5) is 0. The van der Waals surface area contributed by atoms with Crippen molar-refractivity contribution in [3.8, 4) is 0 Å². The molecule has 0 aliphatic heterocycles. The average Bonchev–Trinajstić information content (AvgIpc) is 2.31. The van der Waals surface area contributed by atoms with E-state index in [-0.39, 0.29) is 0 Å². The predicted molar refractivity (Wildman–Crippen MR) is 78.2 cm³/mol.